The van der Waals surface area contributed by atoms with Gasteiger partial charge < -0.3 is 15.1 Å². The molecule has 1 N–H and O–H groups in total. The van der Waals surface area contributed by atoms with E-state index in [0.29, 0.717) is 27.0 Å². The highest BCUT2D eigenvalue weighted by Crippen LogP contribution is 2.32. The first-order valence-corrected chi connectivity index (χ1v) is 9.40. The van der Waals surface area contributed by atoms with Gasteiger partial charge in [0, 0.05) is 32.6 Å². The van der Waals surface area contributed by atoms with E-state index < -0.39 is 5.92 Å². The summed E-state index contributed by atoms with van der Waals surface area (Å²) >= 11 is 12.3. The van der Waals surface area contributed by atoms with Gasteiger partial charge in [-0.1, -0.05) is 35.3 Å². The van der Waals surface area contributed by atoms with E-state index in [-0.39, 0.29) is 30.7 Å². The van der Waals surface area contributed by atoms with Gasteiger partial charge in [-0.05, 0) is 30.3 Å². The zero-order chi connectivity index (χ0) is 20.4. The summed E-state index contributed by atoms with van der Waals surface area (Å²) in [6.45, 7) is 0.225. The Morgan fingerprint density at radius 3 is 2.50 bits per heavy atom. The molecule has 0 aliphatic carbocycles. The van der Waals surface area contributed by atoms with Crippen LogP contribution >= 0.6 is 23.2 Å². The van der Waals surface area contributed by atoms with Crippen molar-refractivity contribution in [1.29, 1.82) is 0 Å². The SMILES string of the molecule is CN(C)C(=O)c1ccc(Cl)c(NC(=O)C2CC(=O)N(c3ccccc3Cl)C2)c1. The number of halogens is 2. The second-order valence-electron chi connectivity index (χ2n) is 6.74. The molecule has 2 aromatic rings. The van der Waals surface area contributed by atoms with Gasteiger partial charge >= 0.3 is 0 Å². The predicted molar refractivity (Wildman–Crippen MR) is 110 cm³/mol. The lowest BCUT2D eigenvalue weighted by atomic mass is 10.1. The van der Waals surface area contributed by atoms with Crippen LogP contribution in [0, 0.1) is 5.92 Å². The Labute approximate surface area is 173 Å². The van der Waals surface area contributed by atoms with Crippen molar-refractivity contribution in [3.05, 3.63) is 58.1 Å². The summed E-state index contributed by atoms with van der Waals surface area (Å²) in [5.41, 5.74) is 1.33. The van der Waals surface area contributed by atoms with Gasteiger partial charge in [-0.25, -0.2) is 0 Å². The number of para-hydroxylation sites is 1. The van der Waals surface area contributed by atoms with E-state index in [1.54, 1.807) is 50.5 Å². The fraction of sp³-hybridized carbons (Fsp3) is 0.250. The number of hydrogen-bond donors (Lipinski definition) is 1. The largest absolute Gasteiger partial charge is 0.345 e. The molecule has 146 valence electrons. The van der Waals surface area contributed by atoms with Crippen molar-refractivity contribution >= 4 is 52.3 Å². The topological polar surface area (TPSA) is 69.7 Å². The van der Waals surface area contributed by atoms with Crippen LogP contribution in [0.15, 0.2) is 42.5 Å². The number of benzene rings is 2. The molecule has 0 radical (unpaired) electrons. The predicted octanol–water partition coefficient (Wildman–Crippen LogP) is 3.69. The minimum atomic E-state index is -0.548. The number of hydrogen-bond acceptors (Lipinski definition) is 3. The Morgan fingerprint density at radius 1 is 1.11 bits per heavy atom. The molecule has 1 fully saturated rings. The molecule has 2 aromatic carbocycles. The van der Waals surface area contributed by atoms with Gasteiger partial charge in [0.2, 0.25) is 11.8 Å². The lowest BCUT2D eigenvalue weighted by Crippen LogP contribution is -2.28. The van der Waals surface area contributed by atoms with Crippen LogP contribution in [-0.4, -0.2) is 43.3 Å². The average molecular weight is 420 g/mol. The third kappa shape index (κ3) is 4.13. The molecule has 0 aromatic heterocycles. The highest BCUT2D eigenvalue weighted by atomic mass is 35.5. The molecule has 0 bridgehead atoms. The number of amides is 3. The van der Waals surface area contributed by atoms with Gasteiger partial charge in [-0.15, -0.1) is 0 Å². The van der Waals surface area contributed by atoms with E-state index in [1.807, 2.05) is 0 Å². The average Bonchev–Trinajstić information content (AvgIpc) is 3.05. The number of carbonyl (C=O) groups excluding carboxylic acids is 3. The smallest absolute Gasteiger partial charge is 0.253 e. The van der Waals surface area contributed by atoms with E-state index in [1.165, 1.54) is 15.9 Å². The molecule has 0 saturated carbocycles. The van der Waals surface area contributed by atoms with Crippen molar-refractivity contribution < 1.29 is 14.4 Å². The van der Waals surface area contributed by atoms with Crippen LogP contribution in [0.3, 0.4) is 0 Å². The Bertz CT molecular complexity index is 946. The van der Waals surface area contributed by atoms with Crippen molar-refractivity contribution in [2.45, 2.75) is 6.42 Å². The summed E-state index contributed by atoms with van der Waals surface area (Å²) in [6.07, 6.45) is 0.0744. The summed E-state index contributed by atoms with van der Waals surface area (Å²) < 4.78 is 0. The summed E-state index contributed by atoms with van der Waals surface area (Å²) in [5, 5.41) is 3.51. The molecule has 0 spiro atoms. The van der Waals surface area contributed by atoms with Gasteiger partial charge in [0.25, 0.3) is 5.91 Å². The quantitative estimate of drug-likeness (QED) is 0.821. The Morgan fingerprint density at radius 2 is 1.82 bits per heavy atom. The maximum atomic E-state index is 12.7. The number of carbonyl (C=O) groups is 3. The first kappa shape index (κ1) is 20.2. The number of nitrogens with zero attached hydrogens (tertiary/aromatic N) is 2. The Kier molecular flexibility index (Phi) is 5.91. The molecular weight excluding hydrogens is 401 g/mol. The molecule has 1 aliphatic heterocycles. The molecular formula is C20H19Cl2N3O3. The van der Waals surface area contributed by atoms with E-state index in [2.05, 4.69) is 5.32 Å². The maximum absolute atomic E-state index is 12.7. The van der Waals surface area contributed by atoms with Crippen LogP contribution in [0.2, 0.25) is 10.0 Å². The molecule has 1 heterocycles. The number of nitrogens with one attached hydrogen (secondary N) is 1. The fourth-order valence-electron chi connectivity index (χ4n) is 3.03. The van der Waals surface area contributed by atoms with Crippen LogP contribution in [-0.2, 0) is 9.59 Å². The molecule has 8 heteroatoms. The Balaban J connectivity index is 1.76. The van der Waals surface area contributed by atoms with E-state index in [9.17, 15) is 14.4 Å². The van der Waals surface area contributed by atoms with Gasteiger partial charge in [-0.3, -0.25) is 14.4 Å². The van der Waals surface area contributed by atoms with Crippen LogP contribution in [0.25, 0.3) is 0 Å². The highest BCUT2D eigenvalue weighted by Gasteiger charge is 2.36. The van der Waals surface area contributed by atoms with Crippen LogP contribution < -0.4 is 10.2 Å². The second kappa shape index (κ2) is 8.20. The van der Waals surface area contributed by atoms with Crippen molar-refractivity contribution in [1.82, 2.24) is 4.90 Å². The van der Waals surface area contributed by atoms with Crippen LogP contribution in [0.5, 0.6) is 0 Å². The fourth-order valence-corrected chi connectivity index (χ4v) is 3.44. The third-order valence-corrected chi connectivity index (χ3v) is 5.17. The molecule has 1 unspecified atom stereocenters. The van der Waals surface area contributed by atoms with Gasteiger partial charge in [-0.2, -0.15) is 0 Å². The molecule has 1 saturated heterocycles. The summed E-state index contributed by atoms with van der Waals surface area (Å²) in [7, 11) is 3.28. The third-order valence-electron chi connectivity index (χ3n) is 4.52. The molecule has 3 amide bonds. The zero-order valence-electron chi connectivity index (χ0n) is 15.4. The van der Waals surface area contributed by atoms with E-state index >= 15 is 0 Å². The monoisotopic (exact) mass is 419 g/mol. The van der Waals surface area contributed by atoms with Gasteiger partial charge in [0.05, 0.1) is 27.3 Å². The minimum absolute atomic E-state index is 0.0744. The maximum Gasteiger partial charge on any atom is 0.253 e. The zero-order valence-corrected chi connectivity index (χ0v) is 16.9. The summed E-state index contributed by atoms with van der Waals surface area (Å²) in [6, 6.07) is 11.7. The molecule has 1 aliphatic rings. The first-order valence-electron chi connectivity index (χ1n) is 8.65. The normalized spacial score (nSPS) is 16.2. The van der Waals surface area contributed by atoms with Crippen molar-refractivity contribution in [2.75, 3.05) is 30.9 Å². The number of rotatable bonds is 4. The van der Waals surface area contributed by atoms with Gasteiger partial charge in [0.1, 0.15) is 0 Å². The summed E-state index contributed by atoms with van der Waals surface area (Å²) in [5.74, 6) is -1.25. The second-order valence-corrected chi connectivity index (χ2v) is 7.55. The molecule has 28 heavy (non-hydrogen) atoms. The standard InChI is InChI=1S/C20H19Cl2N3O3/c1-24(2)20(28)12-7-8-14(21)16(9-12)23-19(27)13-10-18(26)25(11-13)17-6-4-3-5-15(17)22/h3-9,13H,10-11H2,1-2H3,(H,23,27). The Hall–Kier alpha value is -2.57. The lowest BCUT2D eigenvalue weighted by Gasteiger charge is -2.18. The lowest BCUT2D eigenvalue weighted by molar-refractivity contribution is -0.122. The number of anilines is 2. The van der Waals surface area contributed by atoms with Crippen molar-refractivity contribution in [2.24, 2.45) is 5.92 Å². The van der Waals surface area contributed by atoms with E-state index in [0.717, 1.165) is 0 Å². The van der Waals surface area contributed by atoms with Crippen molar-refractivity contribution in [3.63, 3.8) is 0 Å². The minimum Gasteiger partial charge on any atom is -0.345 e. The highest BCUT2D eigenvalue weighted by molar-refractivity contribution is 6.34. The van der Waals surface area contributed by atoms with E-state index in [4.69, 9.17) is 23.2 Å². The van der Waals surface area contributed by atoms with Crippen LogP contribution in [0.1, 0.15) is 16.8 Å². The molecule has 1 atom stereocenters. The molecule has 3 rings (SSSR count). The van der Waals surface area contributed by atoms with Crippen LogP contribution in [0.4, 0.5) is 11.4 Å². The summed E-state index contributed by atoms with van der Waals surface area (Å²) in [4.78, 5) is 40.2. The first-order chi connectivity index (χ1) is 13.3. The van der Waals surface area contributed by atoms with Gasteiger partial charge in [0.15, 0.2) is 0 Å². The van der Waals surface area contributed by atoms with Crippen molar-refractivity contribution in [3.8, 4) is 0 Å². The molecule has 6 nitrogen and oxygen atoms in total.